The number of aryl methyl sites for hydroxylation is 1. The van der Waals surface area contributed by atoms with Crippen molar-refractivity contribution in [3.63, 3.8) is 0 Å². The van der Waals surface area contributed by atoms with E-state index in [-0.39, 0.29) is 11.8 Å². The summed E-state index contributed by atoms with van der Waals surface area (Å²) in [6.45, 7) is 10.1. The number of para-hydroxylation sites is 1. The second-order valence-electron chi connectivity index (χ2n) is 6.22. The van der Waals surface area contributed by atoms with E-state index in [1.165, 1.54) is 0 Å². The number of amides is 2. The molecule has 0 bridgehead atoms. The first-order valence-corrected chi connectivity index (χ1v) is 8.34. The van der Waals surface area contributed by atoms with Crippen LogP contribution in [0.5, 0.6) is 0 Å². The Bertz CT molecular complexity index is 777. The van der Waals surface area contributed by atoms with Crippen LogP contribution in [0.25, 0.3) is 0 Å². The van der Waals surface area contributed by atoms with Crippen molar-refractivity contribution in [2.24, 2.45) is 0 Å². The molecule has 4 nitrogen and oxygen atoms in total. The van der Waals surface area contributed by atoms with Crippen molar-refractivity contribution in [1.82, 2.24) is 5.32 Å². The SMILES string of the molecule is C=CCNC(=O)c1ccc(C(=O)Nc2c(C)cccc2C(C)C)cc1. The molecule has 0 unspecified atom stereocenters. The summed E-state index contributed by atoms with van der Waals surface area (Å²) in [5.41, 5.74) is 4.01. The zero-order valence-electron chi connectivity index (χ0n) is 14.9. The number of rotatable bonds is 6. The Balaban J connectivity index is 2.17. The number of benzene rings is 2. The molecule has 0 fully saturated rings. The fraction of sp³-hybridized carbons (Fsp3) is 0.238. The predicted molar refractivity (Wildman–Crippen MR) is 102 cm³/mol. The van der Waals surface area contributed by atoms with Crippen LogP contribution in [0.4, 0.5) is 5.69 Å². The Morgan fingerprint density at radius 3 is 2.20 bits per heavy atom. The zero-order valence-corrected chi connectivity index (χ0v) is 14.9. The molecule has 0 spiro atoms. The molecule has 0 aliphatic heterocycles. The van der Waals surface area contributed by atoms with Crippen molar-refractivity contribution >= 4 is 17.5 Å². The van der Waals surface area contributed by atoms with E-state index in [0.29, 0.717) is 23.6 Å². The average Bonchev–Trinajstić information content (AvgIpc) is 2.61. The molecule has 0 atom stereocenters. The molecule has 2 aromatic carbocycles. The standard InChI is InChI=1S/C21H24N2O2/c1-5-13-22-20(24)16-9-11-17(12-10-16)21(25)23-19-15(4)7-6-8-18(19)14(2)3/h5-12,14H,1,13H2,2-4H3,(H,22,24)(H,23,25). The van der Waals surface area contributed by atoms with Crippen molar-refractivity contribution in [2.45, 2.75) is 26.7 Å². The first-order chi connectivity index (χ1) is 11.9. The third-order valence-electron chi connectivity index (χ3n) is 3.98. The molecule has 0 heterocycles. The van der Waals surface area contributed by atoms with Gasteiger partial charge in [0, 0.05) is 23.4 Å². The second kappa shape index (κ2) is 8.29. The Morgan fingerprint density at radius 2 is 1.64 bits per heavy atom. The molecule has 2 amide bonds. The van der Waals surface area contributed by atoms with E-state index in [1.54, 1.807) is 30.3 Å². The molecule has 2 N–H and O–H groups in total. The van der Waals surface area contributed by atoms with Crippen LogP contribution in [0.3, 0.4) is 0 Å². The van der Waals surface area contributed by atoms with Gasteiger partial charge in [-0.05, 0) is 48.2 Å². The van der Waals surface area contributed by atoms with E-state index in [4.69, 9.17) is 0 Å². The van der Waals surface area contributed by atoms with Gasteiger partial charge in [0.25, 0.3) is 11.8 Å². The van der Waals surface area contributed by atoms with Gasteiger partial charge >= 0.3 is 0 Å². The lowest BCUT2D eigenvalue weighted by Gasteiger charge is -2.16. The van der Waals surface area contributed by atoms with Gasteiger partial charge in [-0.15, -0.1) is 6.58 Å². The van der Waals surface area contributed by atoms with Crippen LogP contribution in [0.2, 0.25) is 0 Å². The van der Waals surface area contributed by atoms with Crippen LogP contribution in [0, 0.1) is 6.92 Å². The minimum absolute atomic E-state index is 0.186. The Morgan fingerprint density at radius 1 is 1.04 bits per heavy atom. The quantitative estimate of drug-likeness (QED) is 0.773. The van der Waals surface area contributed by atoms with Crippen molar-refractivity contribution in [2.75, 3.05) is 11.9 Å². The average molecular weight is 336 g/mol. The molecule has 0 radical (unpaired) electrons. The van der Waals surface area contributed by atoms with E-state index in [1.807, 2.05) is 25.1 Å². The molecular weight excluding hydrogens is 312 g/mol. The molecule has 0 aliphatic carbocycles. The van der Waals surface area contributed by atoms with Crippen LogP contribution in [-0.4, -0.2) is 18.4 Å². The summed E-state index contributed by atoms with van der Waals surface area (Å²) in [4.78, 5) is 24.4. The molecule has 0 aromatic heterocycles. The molecule has 0 saturated heterocycles. The largest absolute Gasteiger partial charge is 0.349 e. The van der Waals surface area contributed by atoms with E-state index in [2.05, 4.69) is 31.1 Å². The second-order valence-corrected chi connectivity index (χ2v) is 6.22. The van der Waals surface area contributed by atoms with E-state index in [9.17, 15) is 9.59 Å². The summed E-state index contributed by atoms with van der Waals surface area (Å²) in [6.07, 6.45) is 1.62. The number of carbonyl (C=O) groups is 2. The van der Waals surface area contributed by atoms with Crippen LogP contribution < -0.4 is 10.6 Å². The van der Waals surface area contributed by atoms with Gasteiger partial charge in [-0.2, -0.15) is 0 Å². The van der Waals surface area contributed by atoms with Gasteiger partial charge in [0.1, 0.15) is 0 Å². The lowest BCUT2D eigenvalue weighted by molar-refractivity contribution is 0.0956. The maximum Gasteiger partial charge on any atom is 0.255 e. The Kier molecular flexibility index (Phi) is 6.12. The highest BCUT2D eigenvalue weighted by atomic mass is 16.2. The fourth-order valence-electron chi connectivity index (χ4n) is 2.57. The van der Waals surface area contributed by atoms with E-state index in [0.717, 1.165) is 16.8 Å². The van der Waals surface area contributed by atoms with Gasteiger partial charge in [-0.1, -0.05) is 38.1 Å². The highest BCUT2D eigenvalue weighted by molar-refractivity contribution is 6.05. The monoisotopic (exact) mass is 336 g/mol. The summed E-state index contributed by atoms with van der Waals surface area (Å²) in [5.74, 6) is -0.0618. The lowest BCUT2D eigenvalue weighted by Crippen LogP contribution is -2.23. The van der Waals surface area contributed by atoms with E-state index < -0.39 is 0 Å². The first kappa shape index (κ1) is 18.5. The minimum Gasteiger partial charge on any atom is -0.349 e. The van der Waals surface area contributed by atoms with Gasteiger partial charge < -0.3 is 10.6 Å². The predicted octanol–water partition coefficient (Wildman–Crippen LogP) is 4.29. The van der Waals surface area contributed by atoms with E-state index >= 15 is 0 Å². The maximum absolute atomic E-state index is 12.6. The maximum atomic E-state index is 12.6. The summed E-state index contributed by atoms with van der Waals surface area (Å²) in [7, 11) is 0. The normalized spacial score (nSPS) is 10.4. The Labute approximate surface area is 149 Å². The van der Waals surface area contributed by atoms with Gasteiger partial charge in [-0.25, -0.2) is 0 Å². The highest BCUT2D eigenvalue weighted by Crippen LogP contribution is 2.27. The van der Waals surface area contributed by atoms with Gasteiger partial charge in [-0.3, -0.25) is 9.59 Å². The van der Waals surface area contributed by atoms with Crippen molar-refractivity contribution in [3.8, 4) is 0 Å². The smallest absolute Gasteiger partial charge is 0.255 e. The Hall–Kier alpha value is -2.88. The molecule has 2 rings (SSSR count). The number of carbonyl (C=O) groups excluding carboxylic acids is 2. The van der Waals surface area contributed by atoms with Gasteiger partial charge in [0.15, 0.2) is 0 Å². The van der Waals surface area contributed by atoms with Crippen molar-refractivity contribution in [3.05, 3.63) is 77.4 Å². The molecule has 0 saturated carbocycles. The summed E-state index contributed by atoms with van der Waals surface area (Å²) in [6, 6.07) is 12.6. The van der Waals surface area contributed by atoms with Crippen LogP contribution >= 0.6 is 0 Å². The number of hydrogen-bond donors (Lipinski definition) is 2. The summed E-state index contributed by atoms with van der Waals surface area (Å²) in [5, 5.41) is 5.71. The zero-order chi connectivity index (χ0) is 18.4. The molecule has 130 valence electrons. The van der Waals surface area contributed by atoms with Crippen LogP contribution in [-0.2, 0) is 0 Å². The third kappa shape index (κ3) is 4.57. The molecule has 2 aromatic rings. The van der Waals surface area contributed by atoms with Crippen molar-refractivity contribution in [1.29, 1.82) is 0 Å². The van der Waals surface area contributed by atoms with Crippen LogP contribution in [0.15, 0.2) is 55.1 Å². The molecule has 4 heteroatoms. The first-order valence-electron chi connectivity index (χ1n) is 8.34. The topological polar surface area (TPSA) is 58.2 Å². The molecule has 25 heavy (non-hydrogen) atoms. The number of anilines is 1. The van der Waals surface area contributed by atoms with Gasteiger partial charge in [0.2, 0.25) is 0 Å². The third-order valence-corrected chi connectivity index (χ3v) is 3.98. The molecular formula is C21H24N2O2. The fourth-order valence-corrected chi connectivity index (χ4v) is 2.57. The summed E-state index contributed by atoms with van der Waals surface area (Å²) < 4.78 is 0. The lowest BCUT2D eigenvalue weighted by atomic mass is 9.98. The number of nitrogens with one attached hydrogen (secondary N) is 2. The summed E-state index contributed by atoms with van der Waals surface area (Å²) >= 11 is 0. The van der Waals surface area contributed by atoms with Gasteiger partial charge in [0.05, 0.1) is 0 Å². The highest BCUT2D eigenvalue weighted by Gasteiger charge is 2.14. The number of hydrogen-bond acceptors (Lipinski definition) is 2. The van der Waals surface area contributed by atoms with Crippen molar-refractivity contribution < 1.29 is 9.59 Å². The van der Waals surface area contributed by atoms with Crippen LogP contribution in [0.1, 0.15) is 51.6 Å². The molecule has 0 aliphatic rings. The minimum atomic E-state index is -0.187.